The van der Waals surface area contributed by atoms with E-state index in [4.69, 9.17) is 14.2 Å². The molecule has 0 heterocycles. The van der Waals surface area contributed by atoms with Crippen molar-refractivity contribution in [1.29, 1.82) is 0 Å². The maximum absolute atomic E-state index is 12.8. The van der Waals surface area contributed by atoms with E-state index in [1.54, 1.807) is 0 Å². The number of aliphatic carboxylic acids is 1. The monoisotopic (exact) mass is 862 g/mol. The summed E-state index contributed by atoms with van der Waals surface area (Å²) in [7, 11) is 5.43. The molecule has 0 aromatic rings. The summed E-state index contributed by atoms with van der Waals surface area (Å²) in [6.07, 6.45) is 50.6. The zero-order chi connectivity index (χ0) is 44.9. The highest BCUT2D eigenvalue weighted by molar-refractivity contribution is 5.70. The second kappa shape index (κ2) is 44.4. The van der Waals surface area contributed by atoms with Crippen LogP contribution in [-0.4, -0.2) is 75.5 Å². The molecule has 8 heteroatoms. The number of hydrogen-bond acceptors (Lipinski definition) is 7. The van der Waals surface area contributed by atoms with E-state index < -0.39 is 18.1 Å². The van der Waals surface area contributed by atoms with Gasteiger partial charge in [-0.05, 0) is 38.5 Å². The molecule has 0 radical (unpaired) electrons. The lowest BCUT2D eigenvalue weighted by molar-refractivity contribution is -0.889. The third-order valence-electron chi connectivity index (χ3n) is 11.9. The van der Waals surface area contributed by atoms with E-state index in [9.17, 15) is 19.5 Å². The van der Waals surface area contributed by atoms with Crippen molar-refractivity contribution in [3.63, 3.8) is 0 Å². The molecule has 0 fully saturated rings. The van der Waals surface area contributed by atoms with Crippen LogP contribution in [0.1, 0.15) is 245 Å². The fourth-order valence-electron chi connectivity index (χ4n) is 7.88. The minimum atomic E-state index is -1.12. The molecule has 358 valence electrons. The number of allylic oxidation sites excluding steroid dienone is 4. The highest BCUT2D eigenvalue weighted by Crippen LogP contribution is 2.17. The topological polar surface area (TPSA) is 102 Å². The lowest BCUT2D eigenvalue weighted by atomic mass is 10.0. The molecule has 0 amide bonds. The number of nitrogens with zero attached hydrogens (tertiary/aromatic N) is 1. The average Bonchev–Trinajstić information content (AvgIpc) is 3.22. The second-order valence-corrected chi connectivity index (χ2v) is 18.7. The van der Waals surface area contributed by atoms with Gasteiger partial charge in [0.05, 0.1) is 40.3 Å². The first-order valence-electron chi connectivity index (χ1n) is 25.9. The Morgan fingerprint density at radius 3 is 1.34 bits per heavy atom. The van der Waals surface area contributed by atoms with Crippen LogP contribution in [0.5, 0.6) is 0 Å². The number of quaternary nitrogens is 1. The van der Waals surface area contributed by atoms with Gasteiger partial charge in [-0.15, -0.1) is 0 Å². The van der Waals surface area contributed by atoms with Crippen molar-refractivity contribution in [3.05, 3.63) is 24.3 Å². The SMILES string of the molecule is CC/C=C/C/C=C/CCCCCCCCCCCCCCCCC(=O)OC(COCCC(C(=O)[O-])[N+](C)(C)C)COC(=O)CCCCCCCCCCCCCCCCCC. The summed E-state index contributed by atoms with van der Waals surface area (Å²) < 4.78 is 17.3. The third kappa shape index (κ3) is 42.9. The predicted octanol–water partition coefficient (Wildman–Crippen LogP) is 13.5. The van der Waals surface area contributed by atoms with Crippen molar-refractivity contribution >= 4 is 17.9 Å². The summed E-state index contributed by atoms with van der Waals surface area (Å²) in [5, 5.41) is 11.7. The van der Waals surface area contributed by atoms with Gasteiger partial charge in [0, 0.05) is 19.3 Å². The molecular weight excluding hydrogens is 763 g/mol. The molecule has 0 rings (SSSR count). The minimum Gasteiger partial charge on any atom is -0.544 e. The zero-order valence-corrected chi connectivity index (χ0v) is 40.8. The first-order chi connectivity index (χ1) is 29.6. The van der Waals surface area contributed by atoms with Gasteiger partial charge in [0.15, 0.2) is 6.10 Å². The predicted molar refractivity (Wildman–Crippen MR) is 254 cm³/mol. The highest BCUT2D eigenvalue weighted by atomic mass is 16.6. The largest absolute Gasteiger partial charge is 0.544 e. The van der Waals surface area contributed by atoms with Crippen molar-refractivity contribution in [3.8, 4) is 0 Å². The van der Waals surface area contributed by atoms with Crippen molar-refractivity contribution in [2.45, 2.75) is 257 Å². The Hall–Kier alpha value is -2.19. The van der Waals surface area contributed by atoms with E-state index in [1.165, 1.54) is 161 Å². The molecule has 61 heavy (non-hydrogen) atoms. The van der Waals surface area contributed by atoms with Crippen LogP contribution in [0.3, 0.4) is 0 Å². The van der Waals surface area contributed by atoms with Crippen LogP contribution in [0, 0.1) is 0 Å². The smallest absolute Gasteiger partial charge is 0.306 e. The summed E-state index contributed by atoms with van der Waals surface area (Å²) in [6.45, 7) is 4.61. The molecule has 0 N–H and O–H groups in total. The molecule has 8 nitrogen and oxygen atoms in total. The standard InChI is InChI=1S/C53H99NO7/c1-6-8-10-12-14-16-18-20-22-24-25-26-27-28-30-32-34-36-38-40-42-44-52(56)61-49(47-59-46-45-50(53(57)58)54(3,4)5)48-60-51(55)43-41-39-37-35-33-31-29-23-21-19-17-15-13-11-9-7-2/h8,10,14,16,49-50H,6-7,9,11-13,15,17-48H2,1-5H3/b10-8+,16-14+. The number of carbonyl (C=O) groups is 3. The van der Waals surface area contributed by atoms with Gasteiger partial charge in [-0.1, -0.05) is 212 Å². The van der Waals surface area contributed by atoms with Crippen LogP contribution in [0.4, 0.5) is 0 Å². The van der Waals surface area contributed by atoms with Crippen LogP contribution in [0.2, 0.25) is 0 Å². The number of carboxylic acids is 1. The molecule has 0 aliphatic rings. The number of likely N-dealkylation sites (N-methyl/N-ethyl adjacent to an activating group) is 1. The molecule has 0 saturated carbocycles. The molecule has 0 aliphatic heterocycles. The molecular formula is C53H99NO7. The Morgan fingerprint density at radius 1 is 0.508 bits per heavy atom. The Labute approximate surface area is 377 Å². The number of carbonyl (C=O) groups excluding carboxylic acids is 3. The highest BCUT2D eigenvalue weighted by Gasteiger charge is 2.25. The van der Waals surface area contributed by atoms with E-state index in [0.717, 1.165) is 51.4 Å². The van der Waals surface area contributed by atoms with Gasteiger partial charge in [-0.2, -0.15) is 0 Å². The van der Waals surface area contributed by atoms with Crippen LogP contribution in [0.25, 0.3) is 0 Å². The van der Waals surface area contributed by atoms with Gasteiger partial charge in [0.1, 0.15) is 12.6 Å². The summed E-state index contributed by atoms with van der Waals surface area (Å²) in [4.78, 5) is 37.0. The van der Waals surface area contributed by atoms with E-state index in [-0.39, 0.29) is 42.7 Å². The first-order valence-corrected chi connectivity index (χ1v) is 25.9. The number of ether oxygens (including phenoxy) is 3. The maximum atomic E-state index is 12.8. The second-order valence-electron chi connectivity index (χ2n) is 18.7. The number of esters is 2. The molecule has 2 atom stereocenters. The van der Waals surface area contributed by atoms with Crippen molar-refractivity contribution in [2.24, 2.45) is 0 Å². The molecule has 0 spiro atoms. The molecule has 0 aliphatic carbocycles. The van der Waals surface area contributed by atoms with Gasteiger partial charge in [-0.3, -0.25) is 9.59 Å². The first kappa shape index (κ1) is 58.8. The Bertz CT molecular complexity index is 1050. The average molecular weight is 862 g/mol. The van der Waals surface area contributed by atoms with Crippen LogP contribution >= 0.6 is 0 Å². The van der Waals surface area contributed by atoms with Gasteiger partial charge in [-0.25, -0.2) is 0 Å². The van der Waals surface area contributed by atoms with Gasteiger partial charge in [0.2, 0.25) is 0 Å². The lowest BCUT2D eigenvalue weighted by Gasteiger charge is -2.34. The number of rotatable bonds is 47. The molecule has 0 aromatic heterocycles. The summed E-state index contributed by atoms with van der Waals surface area (Å²) in [5.74, 6) is -1.72. The van der Waals surface area contributed by atoms with Gasteiger partial charge in [0.25, 0.3) is 0 Å². The van der Waals surface area contributed by atoms with E-state index >= 15 is 0 Å². The number of carboxylic acid groups (broad SMARTS) is 1. The zero-order valence-electron chi connectivity index (χ0n) is 40.8. The summed E-state index contributed by atoms with van der Waals surface area (Å²) >= 11 is 0. The van der Waals surface area contributed by atoms with Crippen LogP contribution in [-0.2, 0) is 28.6 Å². The quantitative estimate of drug-likeness (QED) is 0.0260. The van der Waals surface area contributed by atoms with E-state index in [1.807, 2.05) is 21.1 Å². The fourth-order valence-corrected chi connectivity index (χ4v) is 7.88. The van der Waals surface area contributed by atoms with E-state index in [0.29, 0.717) is 12.8 Å². The third-order valence-corrected chi connectivity index (χ3v) is 11.9. The van der Waals surface area contributed by atoms with Crippen LogP contribution < -0.4 is 5.11 Å². The van der Waals surface area contributed by atoms with E-state index in [2.05, 4.69) is 38.2 Å². The molecule has 0 bridgehead atoms. The van der Waals surface area contributed by atoms with Crippen LogP contribution in [0.15, 0.2) is 24.3 Å². The molecule has 0 saturated heterocycles. The Balaban J connectivity index is 4.19. The number of hydrogen-bond donors (Lipinski definition) is 0. The summed E-state index contributed by atoms with van der Waals surface area (Å²) in [6, 6.07) is -0.723. The fraction of sp³-hybridized carbons (Fsp3) is 0.868. The molecule has 2 unspecified atom stereocenters. The maximum Gasteiger partial charge on any atom is 0.306 e. The Kier molecular flexibility index (Phi) is 42.8. The van der Waals surface area contributed by atoms with Gasteiger partial charge < -0.3 is 28.6 Å². The summed E-state index contributed by atoms with van der Waals surface area (Å²) in [5.41, 5.74) is 0. The molecule has 0 aromatic carbocycles. The normalized spacial score (nSPS) is 13.0. The van der Waals surface area contributed by atoms with Crippen molar-refractivity contribution in [1.82, 2.24) is 0 Å². The van der Waals surface area contributed by atoms with Crippen molar-refractivity contribution in [2.75, 3.05) is 41.0 Å². The minimum absolute atomic E-state index is 0.0461. The Morgan fingerprint density at radius 2 is 0.918 bits per heavy atom. The lowest BCUT2D eigenvalue weighted by Crippen LogP contribution is -2.55. The van der Waals surface area contributed by atoms with Gasteiger partial charge >= 0.3 is 11.9 Å². The number of unbranched alkanes of at least 4 members (excludes halogenated alkanes) is 29. The van der Waals surface area contributed by atoms with Crippen molar-refractivity contribution < 1.29 is 38.2 Å².